The van der Waals surface area contributed by atoms with Gasteiger partial charge in [0.2, 0.25) is 0 Å². The Morgan fingerprint density at radius 1 is 1.05 bits per heavy atom. The first-order chi connectivity index (χ1) is 9.22. The molecular formula is C14H17N5. The lowest BCUT2D eigenvalue weighted by Gasteiger charge is -2.08. The molecule has 0 saturated heterocycles. The van der Waals surface area contributed by atoms with Crippen LogP contribution in [0.2, 0.25) is 0 Å². The summed E-state index contributed by atoms with van der Waals surface area (Å²) in [6, 6.07) is 6.16. The molecular weight excluding hydrogens is 238 g/mol. The van der Waals surface area contributed by atoms with Crippen LogP contribution in [0, 0.1) is 0 Å². The van der Waals surface area contributed by atoms with Gasteiger partial charge in [-0.3, -0.25) is 4.68 Å². The Balaban J connectivity index is 1.85. The third kappa shape index (κ3) is 2.51. The molecule has 0 N–H and O–H groups in total. The highest BCUT2D eigenvalue weighted by Crippen LogP contribution is 2.19. The van der Waals surface area contributed by atoms with Gasteiger partial charge in [0.25, 0.3) is 0 Å². The number of likely N-dealkylation sites (N-methyl/N-ethyl adjacent to an activating group) is 1. The predicted molar refractivity (Wildman–Crippen MR) is 75.0 cm³/mol. The van der Waals surface area contributed by atoms with Crippen LogP contribution in [-0.4, -0.2) is 44.9 Å². The van der Waals surface area contributed by atoms with E-state index in [4.69, 9.17) is 0 Å². The van der Waals surface area contributed by atoms with Crippen molar-refractivity contribution in [2.45, 2.75) is 6.54 Å². The van der Waals surface area contributed by atoms with Gasteiger partial charge in [0.05, 0.1) is 18.3 Å². The first-order valence-electron chi connectivity index (χ1n) is 6.33. The van der Waals surface area contributed by atoms with Crippen molar-refractivity contribution >= 4 is 5.52 Å². The van der Waals surface area contributed by atoms with E-state index < -0.39 is 0 Å². The molecule has 0 atom stereocenters. The van der Waals surface area contributed by atoms with Gasteiger partial charge in [-0.15, -0.1) is 0 Å². The third-order valence-electron chi connectivity index (χ3n) is 3.14. The van der Waals surface area contributed by atoms with E-state index in [-0.39, 0.29) is 0 Å². The highest BCUT2D eigenvalue weighted by Gasteiger charge is 2.03. The van der Waals surface area contributed by atoms with E-state index in [9.17, 15) is 0 Å². The van der Waals surface area contributed by atoms with Gasteiger partial charge >= 0.3 is 0 Å². The van der Waals surface area contributed by atoms with Crippen LogP contribution in [0.5, 0.6) is 0 Å². The molecule has 0 aromatic carbocycles. The summed E-state index contributed by atoms with van der Waals surface area (Å²) < 4.78 is 3.86. The lowest BCUT2D eigenvalue weighted by atomic mass is 10.1. The smallest absolute Gasteiger partial charge is 0.0661 e. The number of hydrogen-bond acceptors (Lipinski definition) is 3. The molecule has 3 heterocycles. The fourth-order valence-corrected chi connectivity index (χ4v) is 2.02. The lowest BCUT2D eigenvalue weighted by Crippen LogP contribution is -2.18. The maximum Gasteiger partial charge on any atom is 0.0661 e. The van der Waals surface area contributed by atoms with E-state index >= 15 is 0 Å². The lowest BCUT2D eigenvalue weighted by molar-refractivity contribution is 0.373. The molecule has 3 rings (SSSR count). The first kappa shape index (κ1) is 11.9. The Morgan fingerprint density at radius 3 is 2.79 bits per heavy atom. The molecule has 0 bridgehead atoms. The van der Waals surface area contributed by atoms with Gasteiger partial charge < -0.3 is 4.90 Å². The van der Waals surface area contributed by atoms with Gasteiger partial charge in [-0.25, -0.2) is 4.52 Å². The first-order valence-corrected chi connectivity index (χ1v) is 6.33. The topological polar surface area (TPSA) is 38.4 Å². The Bertz CT molecular complexity index is 680. The second-order valence-electron chi connectivity index (χ2n) is 4.91. The molecule has 0 aliphatic rings. The van der Waals surface area contributed by atoms with Crippen molar-refractivity contribution in [2.75, 3.05) is 20.6 Å². The molecule has 0 spiro atoms. The zero-order valence-corrected chi connectivity index (χ0v) is 11.2. The number of rotatable bonds is 4. The molecule has 0 unspecified atom stereocenters. The molecule has 98 valence electrons. The Hall–Kier alpha value is -2.14. The Morgan fingerprint density at radius 2 is 1.95 bits per heavy atom. The van der Waals surface area contributed by atoms with Crippen LogP contribution in [0.25, 0.3) is 16.6 Å². The molecule has 5 nitrogen and oxygen atoms in total. The Labute approximate surface area is 112 Å². The van der Waals surface area contributed by atoms with Crippen LogP contribution in [0.15, 0.2) is 43.0 Å². The van der Waals surface area contributed by atoms with Gasteiger partial charge in [0.15, 0.2) is 0 Å². The van der Waals surface area contributed by atoms with E-state index in [1.54, 1.807) is 6.20 Å². The van der Waals surface area contributed by atoms with Gasteiger partial charge in [0, 0.05) is 36.3 Å². The number of fused-ring (bicyclic) bond motifs is 1. The van der Waals surface area contributed by atoms with Crippen molar-refractivity contribution in [1.82, 2.24) is 24.3 Å². The molecule has 19 heavy (non-hydrogen) atoms. The number of aromatic nitrogens is 4. The maximum atomic E-state index is 4.39. The second kappa shape index (κ2) is 4.85. The highest BCUT2D eigenvalue weighted by molar-refractivity contribution is 5.63. The van der Waals surface area contributed by atoms with Crippen LogP contribution < -0.4 is 0 Å². The number of pyridine rings is 1. The van der Waals surface area contributed by atoms with Crippen molar-refractivity contribution in [1.29, 1.82) is 0 Å². The second-order valence-corrected chi connectivity index (χ2v) is 4.91. The molecule has 3 aromatic rings. The van der Waals surface area contributed by atoms with Gasteiger partial charge in [-0.2, -0.15) is 10.2 Å². The van der Waals surface area contributed by atoms with E-state index in [1.807, 2.05) is 27.7 Å². The van der Waals surface area contributed by atoms with Crippen molar-refractivity contribution in [3.63, 3.8) is 0 Å². The summed E-state index contributed by atoms with van der Waals surface area (Å²) in [4.78, 5) is 2.15. The van der Waals surface area contributed by atoms with Gasteiger partial charge in [-0.1, -0.05) is 6.07 Å². The molecule has 0 fully saturated rings. The van der Waals surface area contributed by atoms with Crippen LogP contribution in [0.4, 0.5) is 0 Å². The zero-order chi connectivity index (χ0) is 13.2. The van der Waals surface area contributed by atoms with Crippen LogP contribution >= 0.6 is 0 Å². The number of hydrogen-bond donors (Lipinski definition) is 0. The summed E-state index contributed by atoms with van der Waals surface area (Å²) in [7, 11) is 4.13. The standard InChI is InChI=1S/C14H17N5/c1-17(2)7-8-18-10-13(9-16-18)12-3-4-14-5-6-15-19(14)11-12/h3-6,9-11H,7-8H2,1-2H3. The molecule has 5 heteroatoms. The average molecular weight is 255 g/mol. The predicted octanol–water partition coefficient (Wildman–Crippen LogP) is 1.76. The number of nitrogens with zero attached hydrogens (tertiary/aromatic N) is 5. The largest absolute Gasteiger partial charge is 0.308 e. The van der Waals surface area contributed by atoms with Crippen LogP contribution in [0.1, 0.15) is 0 Å². The molecule has 0 aliphatic carbocycles. The molecule has 0 radical (unpaired) electrons. The van der Waals surface area contributed by atoms with E-state index in [2.05, 4.69) is 47.5 Å². The Kier molecular flexibility index (Phi) is 3.05. The van der Waals surface area contributed by atoms with E-state index in [0.29, 0.717) is 0 Å². The molecule has 3 aromatic heterocycles. The normalized spacial score (nSPS) is 11.5. The van der Waals surface area contributed by atoms with E-state index in [0.717, 1.165) is 29.7 Å². The summed E-state index contributed by atoms with van der Waals surface area (Å²) in [6.45, 7) is 1.89. The quantitative estimate of drug-likeness (QED) is 0.713. The summed E-state index contributed by atoms with van der Waals surface area (Å²) in [5.74, 6) is 0. The minimum absolute atomic E-state index is 0.900. The molecule has 0 aliphatic heterocycles. The fraction of sp³-hybridized carbons (Fsp3) is 0.286. The molecule has 0 amide bonds. The minimum atomic E-state index is 0.900. The highest BCUT2D eigenvalue weighted by atomic mass is 15.3. The SMILES string of the molecule is CN(C)CCn1cc(-c2ccc3ccnn3c2)cn1. The molecule has 0 saturated carbocycles. The van der Waals surface area contributed by atoms with Crippen molar-refractivity contribution in [2.24, 2.45) is 0 Å². The van der Waals surface area contributed by atoms with Crippen LogP contribution in [0.3, 0.4) is 0 Å². The summed E-state index contributed by atoms with van der Waals surface area (Å²) in [5.41, 5.74) is 3.35. The third-order valence-corrected chi connectivity index (χ3v) is 3.14. The average Bonchev–Trinajstić information content (AvgIpc) is 3.04. The van der Waals surface area contributed by atoms with Gasteiger partial charge in [0.1, 0.15) is 0 Å². The monoisotopic (exact) mass is 255 g/mol. The van der Waals surface area contributed by atoms with Crippen molar-refractivity contribution in [3.8, 4) is 11.1 Å². The maximum absolute atomic E-state index is 4.39. The van der Waals surface area contributed by atoms with Crippen molar-refractivity contribution < 1.29 is 0 Å². The fourth-order valence-electron chi connectivity index (χ4n) is 2.02. The van der Waals surface area contributed by atoms with E-state index in [1.165, 1.54) is 0 Å². The summed E-state index contributed by atoms with van der Waals surface area (Å²) in [6.07, 6.45) is 7.82. The van der Waals surface area contributed by atoms with Gasteiger partial charge in [-0.05, 0) is 26.2 Å². The van der Waals surface area contributed by atoms with Crippen LogP contribution in [-0.2, 0) is 6.54 Å². The minimum Gasteiger partial charge on any atom is -0.308 e. The summed E-state index contributed by atoms with van der Waals surface area (Å²) in [5, 5.41) is 8.65. The van der Waals surface area contributed by atoms with Crippen molar-refractivity contribution in [3.05, 3.63) is 43.0 Å². The summed E-state index contributed by atoms with van der Waals surface area (Å²) >= 11 is 0. The zero-order valence-electron chi connectivity index (χ0n) is 11.2.